The van der Waals surface area contributed by atoms with E-state index in [0.717, 1.165) is 17.2 Å². The minimum atomic E-state index is 0.503. The van der Waals surface area contributed by atoms with Crippen molar-refractivity contribution >= 4 is 17.4 Å². The van der Waals surface area contributed by atoms with Crippen molar-refractivity contribution in [2.45, 2.75) is 32.2 Å². The van der Waals surface area contributed by atoms with Gasteiger partial charge in [0.15, 0.2) is 0 Å². The van der Waals surface area contributed by atoms with E-state index in [1.807, 2.05) is 6.92 Å². The number of aromatic nitrogens is 2. The van der Waals surface area contributed by atoms with Crippen molar-refractivity contribution in [2.24, 2.45) is 5.92 Å². The Morgan fingerprint density at radius 3 is 2.81 bits per heavy atom. The van der Waals surface area contributed by atoms with Gasteiger partial charge in [-0.3, -0.25) is 0 Å². The summed E-state index contributed by atoms with van der Waals surface area (Å²) in [5, 5.41) is 0.815. The molecule has 16 heavy (non-hydrogen) atoms. The lowest BCUT2D eigenvalue weighted by atomic mass is 10.3. The summed E-state index contributed by atoms with van der Waals surface area (Å²) in [6.07, 6.45) is 2.45. The van der Waals surface area contributed by atoms with E-state index in [2.05, 4.69) is 23.8 Å². The van der Waals surface area contributed by atoms with Gasteiger partial charge in [0, 0.05) is 5.75 Å². The Balaban J connectivity index is 2.70. The summed E-state index contributed by atoms with van der Waals surface area (Å²) in [6.45, 7) is 7.01. The Labute approximate surface area is 101 Å². The van der Waals surface area contributed by atoms with E-state index in [4.69, 9.17) is 10.5 Å². The number of thioether (sulfide) groups is 1. The summed E-state index contributed by atoms with van der Waals surface area (Å²) in [7, 11) is 0. The molecule has 5 heteroatoms. The van der Waals surface area contributed by atoms with Gasteiger partial charge in [0.05, 0.1) is 6.61 Å². The van der Waals surface area contributed by atoms with E-state index in [-0.39, 0.29) is 0 Å². The van der Waals surface area contributed by atoms with Crippen LogP contribution in [0.25, 0.3) is 0 Å². The predicted octanol–water partition coefficient (Wildman–Crippen LogP) is 2.60. The highest BCUT2D eigenvalue weighted by Gasteiger charge is 2.09. The fourth-order valence-electron chi connectivity index (χ4n) is 1.04. The van der Waals surface area contributed by atoms with Crippen LogP contribution in [-0.4, -0.2) is 22.3 Å². The molecule has 1 aromatic heterocycles. The van der Waals surface area contributed by atoms with Crippen molar-refractivity contribution in [3.8, 4) is 5.88 Å². The van der Waals surface area contributed by atoms with Gasteiger partial charge in [-0.2, -0.15) is 4.98 Å². The zero-order valence-corrected chi connectivity index (χ0v) is 10.9. The summed E-state index contributed by atoms with van der Waals surface area (Å²) in [6, 6.07) is 0. The topological polar surface area (TPSA) is 61.0 Å². The van der Waals surface area contributed by atoms with Crippen LogP contribution in [0.15, 0.2) is 11.4 Å². The van der Waals surface area contributed by atoms with E-state index < -0.39 is 0 Å². The lowest BCUT2D eigenvalue weighted by Gasteiger charge is -2.10. The number of anilines is 1. The summed E-state index contributed by atoms with van der Waals surface area (Å²) >= 11 is 1.65. The quantitative estimate of drug-likeness (QED) is 0.612. The molecule has 0 aliphatic rings. The molecule has 0 aliphatic carbocycles. The van der Waals surface area contributed by atoms with Crippen molar-refractivity contribution in [1.29, 1.82) is 0 Å². The molecule has 4 nitrogen and oxygen atoms in total. The molecule has 1 rings (SSSR count). The second-order valence-electron chi connectivity index (χ2n) is 3.95. The first kappa shape index (κ1) is 13.1. The number of nitrogens with zero attached hydrogens (tertiary/aromatic N) is 2. The molecule has 0 unspecified atom stereocenters. The second kappa shape index (κ2) is 6.58. The second-order valence-corrected chi connectivity index (χ2v) is 4.96. The van der Waals surface area contributed by atoms with Gasteiger partial charge in [-0.1, -0.05) is 20.8 Å². The molecule has 0 spiro atoms. The summed E-state index contributed by atoms with van der Waals surface area (Å²) in [4.78, 5) is 8.20. The minimum absolute atomic E-state index is 0.503. The van der Waals surface area contributed by atoms with Crippen molar-refractivity contribution in [1.82, 2.24) is 9.97 Å². The minimum Gasteiger partial charge on any atom is -0.476 e. The highest BCUT2D eigenvalue weighted by atomic mass is 32.2. The molecule has 0 bridgehead atoms. The third kappa shape index (κ3) is 3.89. The van der Waals surface area contributed by atoms with Gasteiger partial charge >= 0.3 is 0 Å². The maximum absolute atomic E-state index is 5.94. The van der Waals surface area contributed by atoms with Gasteiger partial charge in [-0.25, -0.2) is 4.98 Å². The fourth-order valence-corrected chi connectivity index (χ4v) is 1.89. The molecular weight excluding hydrogens is 222 g/mol. The Bertz CT molecular complexity index is 331. The van der Waals surface area contributed by atoms with Crippen LogP contribution >= 0.6 is 11.8 Å². The SMILES string of the molecule is CCCOc1ncnc(SCC(C)C)c1N. The van der Waals surface area contributed by atoms with Crippen molar-refractivity contribution in [3.05, 3.63) is 6.33 Å². The van der Waals surface area contributed by atoms with Gasteiger partial charge in [-0.05, 0) is 12.3 Å². The number of hydrogen-bond acceptors (Lipinski definition) is 5. The smallest absolute Gasteiger partial charge is 0.241 e. The van der Waals surface area contributed by atoms with Gasteiger partial charge < -0.3 is 10.5 Å². The summed E-state index contributed by atoms with van der Waals surface area (Å²) in [5.74, 6) is 2.11. The first-order valence-corrected chi connectivity index (χ1v) is 6.49. The molecule has 0 aromatic carbocycles. The van der Waals surface area contributed by atoms with Crippen molar-refractivity contribution < 1.29 is 4.74 Å². The van der Waals surface area contributed by atoms with Crippen LogP contribution in [0.3, 0.4) is 0 Å². The maximum Gasteiger partial charge on any atom is 0.241 e. The van der Waals surface area contributed by atoms with Gasteiger partial charge in [0.2, 0.25) is 5.88 Å². The number of rotatable bonds is 6. The molecule has 0 fully saturated rings. The van der Waals surface area contributed by atoms with Crippen LogP contribution in [0.4, 0.5) is 5.69 Å². The molecule has 1 heterocycles. The normalized spacial score (nSPS) is 10.8. The van der Waals surface area contributed by atoms with E-state index in [1.54, 1.807) is 11.8 Å². The lowest BCUT2D eigenvalue weighted by Crippen LogP contribution is -2.04. The summed E-state index contributed by atoms with van der Waals surface area (Å²) in [5.41, 5.74) is 6.50. The molecule has 0 aliphatic heterocycles. The standard InChI is InChI=1S/C11H19N3OS/c1-4-5-15-10-9(12)11(14-7-13-10)16-6-8(2)3/h7-8H,4-6,12H2,1-3H3. The van der Waals surface area contributed by atoms with E-state index in [0.29, 0.717) is 24.1 Å². The molecular formula is C11H19N3OS. The number of hydrogen-bond donors (Lipinski definition) is 1. The fraction of sp³-hybridized carbons (Fsp3) is 0.636. The van der Waals surface area contributed by atoms with E-state index >= 15 is 0 Å². The Morgan fingerprint density at radius 1 is 1.44 bits per heavy atom. The molecule has 0 atom stereocenters. The van der Waals surface area contributed by atoms with Crippen LogP contribution in [0, 0.1) is 5.92 Å². The number of nitrogens with two attached hydrogens (primary N) is 1. The third-order valence-corrected chi connectivity index (χ3v) is 3.24. The van der Waals surface area contributed by atoms with Gasteiger partial charge in [-0.15, -0.1) is 11.8 Å². The van der Waals surface area contributed by atoms with Crippen molar-refractivity contribution in [2.75, 3.05) is 18.1 Å². The van der Waals surface area contributed by atoms with E-state index in [1.165, 1.54) is 6.33 Å². The molecule has 1 aromatic rings. The monoisotopic (exact) mass is 241 g/mol. The van der Waals surface area contributed by atoms with Gasteiger partial charge in [0.25, 0.3) is 0 Å². The number of nitrogen functional groups attached to an aromatic ring is 1. The molecule has 0 saturated carbocycles. The highest BCUT2D eigenvalue weighted by molar-refractivity contribution is 7.99. The Kier molecular flexibility index (Phi) is 5.38. The maximum atomic E-state index is 5.94. The van der Waals surface area contributed by atoms with Crippen LogP contribution in [0.1, 0.15) is 27.2 Å². The molecule has 2 N–H and O–H groups in total. The van der Waals surface area contributed by atoms with Crippen LogP contribution < -0.4 is 10.5 Å². The highest BCUT2D eigenvalue weighted by Crippen LogP contribution is 2.29. The first-order valence-electron chi connectivity index (χ1n) is 5.51. The zero-order valence-electron chi connectivity index (χ0n) is 10.1. The average Bonchev–Trinajstić information content (AvgIpc) is 2.26. The third-order valence-electron chi connectivity index (χ3n) is 1.81. The molecule has 0 radical (unpaired) electrons. The predicted molar refractivity (Wildman–Crippen MR) is 67.8 cm³/mol. The van der Waals surface area contributed by atoms with Crippen LogP contribution in [0.2, 0.25) is 0 Å². The summed E-state index contributed by atoms with van der Waals surface area (Å²) < 4.78 is 5.44. The first-order chi connectivity index (χ1) is 7.65. The van der Waals surface area contributed by atoms with Gasteiger partial charge in [0.1, 0.15) is 17.0 Å². The van der Waals surface area contributed by atoms with Crippen molar-refractivity contribution in [3.63, 3.8) is 0 Å². The number of ether oxygens (including phenoxy) is 1. The average molecular weight is 241 g/mol. The van der Waals surface area contributed by atoms with E-state index in [9.17, 15) is 0 Å². The van der Waals surface area contributed by atoms with Crippen LogP contribution in [-0.2, 0) is 0 Å². The lowest BCUT2D eigenvalue weighted by molar-refractivity contribution is 0.305. The molecule has 0 saturated heterocycles. The largest absolute Gasteiger partial charge is 0.476 e. The molecule has 0 amide bonds. The zero-order chi connectivity index (χ0) is 12.0. The Hall–Kier alpha value is -0.970. The molecule has 90 valence electrons. The van der Waals surface area contributed by atoms with Crippen LogP contribution in [0.5, 0.6) is 5.88 Å². The Morgan fingerprint density at radius 2 is 2.19 bits per heavy atom.